The van der Waals surface area contributed by atoms with E-state index in [2.05, 4.69) is 4.90 Å². The summed E-state index contributed by atoms with van der Waals surface area (Å²) in [6.45, 7) is 14.6. The van der Waals surface area contributed by atoms with E-state index in [9.17, 15) is 15.3 Å². The molecule has 5 atom stereocenters. The number of aliphatic hydroxyl groups is 3. The number of rotatable bonds is 12. The Bertz CT molecular complexity index is 504. The average molecular weight is 448 g/mol. The monoisotopic (exact) mass is 447 g/mol. The molecule has 0 spiro atoms. The zero-order chi connectivity index (χ0) is 23.1. The summed E-state index contributed by atoms with van der Waals surface area (Å²) < 4.78 is 23.6. The molecule has 0 radical (unpaired) electrons. The van der Waals surface area contributed by atoms with Gasteiger partial charge in [0.1, 0.15) is 6.10 Å². The van der Waals surface area contributed by atoms with Gasteiger partial charge in [0.25, 0.3) is 0 Å². The number of hydrogen-bond donors (Lipinski definition) is 3. The van der Waals surface area contributed by atoms with Crippen LogP contribution in [0.2, 0.25) is 0 Å². The molecule has 3 N–H and O–H groups in total. The van der Waals surface area contributed by atoms with Gasteiger partial charge in [-0.05, 0) is 32.6 Å². The van der Waals surface area contributed by atoms with Crippen LogP contribution in [-0.2, 0) is 18.9 Å². The van der Waals surface area contributed by atoms with E-state index in [1.807, 2.05) is 34.6 Å². The van der Waals surface area contributed by atoms with Crippen LogP contribution in [0.25, 0.3) is 0 Å². The fourth-order valence-corrected chi connectivity index (χ4v) is 4.47. The third-order valence-corrected chi connectivity index (χ3v) is 7.39. The summed E-state index contributed by atoms with van der Waals surface area (Å²) in [5.74, 6) is -0.671. The molecule has 184 valence electrons. The van der Waals surface area contributed by atoms with Crippen LogP contribution in [0.4, 0.5) is 0 Å². The highest BCUT2D eigenvalue weighted by Crippen LogP contribution is 2.39. The second-order valence-corrected chi connectivity index (χ2v) is 9.16. The van der Waals surface area contributed by atoms with Crippen LogP contribution in [0, 0.1) is 5.92 Å². The predicted molar refractivity (Wildman–Crippen MR) is 118 cm³/mol. The molecule has 0 bridgehead atoms. The third kappa shape index (κ3) is 6.84. The van der Waals surface area contributed by atoms with Crippen LogP contribution < -0.4 is 0 Å². The molecule has 0 amide bonds. The lowest BCUT2D eigenvalue weighted by molar-refractivity contribution is -0.334. The summed E-state index contributed by atoms with van der Waals surface area (Å²) >= 11 is 0. The van der Waals surface area contributed by atoms with Gasteiger partial charge in [-0.1, -0.05) is 27.7 Å². The van der Waals surface area contributed by atoms with Crippen LogP contribution in [0.15, 0.2) is 0 Å². The quantitative estimate of drug-likeness (QED) is 0.388. The largest absolute Gasteiger partial charge is 0.390 e. The van der Waals surface area contributed by atoms with E-state index >= 15 is 0 Å². The van der Waals surface area contributed by atoms with Crippen LogP contribution in [0.5, 0.6) is 0 Å². The topological polar surface area (TPSA) is 101 Å². The molecular formula is C23H45NO7. The highest BCUT2D eigenvalue weighted by molar-refractivity contribution is 5.00. The Labute approximate surface area is 187 Å². The predicted octanol–water partition coefficient (Wildman–Crippen LogP) is 1.54. The Morgan fingerprint density at radius 2 is 1.58 bits per heavy atom. The van der Waals surface area contributed by atoms with Crippen molar-refractivity contribution in [3.8, 4) is 0 Å². The highest BCUT2D eigenvalue weighted by Gasteiger charge is 2.53. The highest BCUT2D eigenvalue weighted by atomic mass is 16.7. The molecule has 0 saturated carbocycles. The van der Waals surface area contributed by atoms with Gasteiger partial charge in [0.05, 0.1) is 49.8 Å². The fourth-order valence-electron chi connectivity index (χ4n) is 4.47. The maximum atomic E-state index is 11.2. The Balaban J connectivity index is 2.08. The summed E-state index contributed by atoms with van der Waals surface area (Å²) in [5, 5.41) is 33.1. The van der Waals surface area contributed by atoms with Crippen LogP contribution in [0.1, 0.15) is 60.3 Å². The molecule has 0 aromatic heterocycles. The third-order valence-electron chi connectivity index (χ3n) is 7.39. The maximum absolute atomic E-state index is 11.2. The van der Waals surface area contributed by atoms with E-state index in [0.29, 0.717) is 19.4 Å². The minimum Gasteiger partial charge on any atom is -0.390 e. The van der Waals surface area contributed by atoms with Crippen LogP contribution in [0.3, 0.4) is 0 Å². The Morgan fingerprint density at radius 3 is 2.13 bits per heavy atom. The van der Waals surface area contributed by atoms with Crippen molar-refractivity contribution in [2.24, 2.45) is 5.92 Å². The second-order valence-electron chi connectivity index (χ2n) is 9.16. The first-order chi connectivity index (χ1) is 14.7. The lowest BCUT2D eigenvalue weighted by Crippen LogP contribution is -2.64. The van der Waals surface area contributed by atoms with Crippen molar-refractivity contribution in [2.75, 3.05) is 46.1 Å². The van der Waals surface area contributed by atoms with Crippen molar-refractivity contribution >= 4 is 0 Å². The molecule has 2 aliphatic rings. The Kier molecular flexibility index (Phi) is 10.6. The molecule has 31 heavy (non-hydrogen) atoms. The molecule has 5 unspecified atom stereocenters. The number of hydrogen-bond acceptors (Lipinski definition) is 8. The van der Waals surface area contributed by atoms with E-state index < -0.39 is 41.7 Å². The second kappa shape index (κ2) is 12.2. The SMILES string of the molecule is CCC(C)(CC)OC1OC(COCCN2CCOCC2)C(C(O)(CC)CC)C(O)C1O. The normalized spacial score (nSPS) is 31.2. The average Bonchev–Trinajstić information content (AvgIpc) is 2.80. The molecule has 8 heteroatoms. The van der Waals surface area contributed by atoms with Gasteiger partial charge in [-0.25, -0.2) is 0 Å². The van der Waals surface area contributed by atoms with Crippen molar-refractivity contribution in [3.63, 3.8) is 0 Å². The van der Waals surface area contributed by atoms with Crippen molar-refractivity contribution in [1.29, 1.82) is 0 Å². The van der Waals surface area contributed by atoms with E-state index in [4.69, 9.17) is 18.9 Å². The van der Waals surface area contributed by atoms with Gasteiger partial charge >= 0.3 is 0 Å². The lowest BCUT2D eigenvalue weighted by Gasteiger charge is -2.50. The van der Waals surface area contributed by atoms with Gasteiger partial charge in [0, 0.05) is 25.6 Å². The number of ether oxygens (including phenoxy) is 4. The summed E-state index contributed by atoms with van der Waals surface area (Å²) in [5.41, 5.74) is -1.63. The van der Waals surface area contributed by atoms with E-state index in [1.165, 1.54) is 0 Å². The Hall–Kier alpha value is -0.320. The van der Waals surface area contributed by atoms with Gasteiger partial charge in [0.2, 0.25) is 0 Å². The zero-order valence-electron chi connectivity index (χ0n) is 20.1. The zero-order valence-corrected chi connectivity index (χ0v) is 20.1. The van der Waals surface area contributed by atoms with Gasteiger partial charge in [-0.3, -0.25) is 4.90 Å². The molecule has 0 aliphatic carbocycles. The van der Waals surface area contributed by atoms with E-state index in [1.54, 1.807) is 0 Å². The van der Waals surface area contributed by atoms with Crippen LogP contribution >= 0.6 is 0 Å². The van der Waals surface area contributed by atoms with Crippen molar-refractivity contribution < 1.29 is 34.3 Å². The fraction of sp³-hybridized carbons (Fsp3) is 1.00. The molecule has 0 aromatic carbocycles. The minimum atomic E-state index is -1.24. The first kappa shape index (κ1) is 26.9. The summed E-state index contributed by atoms with van der Waals surface area (Å²) in [6, 6.07) is 0. The maximum Gasteiger partial charge on any atom is 0.187 e. The van der Waals surface area contributed by atoms with Crippen LogP contribution in [-0.4, -0.2) is 102 Å². The first-order valence-corrected chi connectivity index (χ1v) is 12.0. The molecule has 0 aromatic rings. The molecule has 8 nitrogen and oxygen atoms in total. The molecule has 2 aliphatic heterocycles. The molecule has 2 saturated heterocycles. The smallest absolute Gasteiger partial charge is 0.187 e. The first-order valence-electron chi connectivity index (χ1n) is 12.0. The number of aliphatic hydroxyl groups excluding tert-OH is 2. The van der Waals surface area contributed by atoms with Gasteiger partial charge in [-0.15, -0.1) is 0 Å². The summed E-state index contributed by atoms with van der Waals surface area (Å²) in [4.78, 5) is 2.29. The van der Waals surface area contributed by atoms with Crippen molar-refractivity contribution in [2.45, 2.75) is 96.1 Å². The van der Waals surface area contributed by atoms with Gasteiger partial charge in [-0.2, -0.15) is 0 Å². The summed E-state index contributed by atoms with van der Waals surface area (Å²) in [6.07, 6.45) is -1.57. The minimum absolute atomic E-state index is 0.218. The van der Waals surface area contributed by atoms with Crippen molar-refractivity contribution in [1.82, 2.24) is 4.90 Å². The van der Waals surface area contributed by atoms with Gasteiger partial charge < -0.3 is 34.3 Å². The number of nitrogens with zero attached hydrogens (tertiary/aromatic N) is 1. The van der Waals surface area contributed by atoms with E-state index in [-0.39, 0.29) is 6.61 Å². The molecule has 2 heterocycles. The molecular weight excluding hydrogens is 402 g/mol. The van der Waals surface area contributed by atoms with E-state index in [0.717, 1.165) is 45.7 Å². The Morgan fingerprint density at radius 1 is 0.968 bits per heavy atom. The molecule has 2 rings (SSSR count). The standard InChI is InChI=1S/C23H45NO7/c1-6-22(5,7-2)31-21-20(26)19(25)18(23(27,8-3)9-4)17(30-21)16-29-15-12-24-10-13-28-14-11-24/h17-21,25-27H,6-16H2,1-5H3. The van der Waals surface area contributed by atoms with Crippen molar-refractivity contribution in [3.05, 3.63) is 0 Å². The lowest BCUT2D eigenvalue weighted by atomic mass is 9.73. The number of morpholine rings is 1. The summed E-state index contributed by atoms with van der Waals surface area (Å²) in [7, 11) is 0. The molecule has 2 fully saturated rings. The van der Waals surface area contributed by atoms with Gasteiger partial charge in [0.15, 0.2) is 6.29 Å².